The molecule has 1 heterocycles. The summed E-state index contributed by atoms with van der Waals surface area (Å²) in [6, 6.07) is 0. The fraction of sp³-hybridized carbons (Fsp3) is 0.500. The normalized spacial score (nSPS) is 23.3. The van der Waals surface area contributed by atoms with Gasteiger partial charge in [-0.15, -0.1) is 0 Å². The van der Waals surface area contributed by atoms with Crippen LogP contribution in [0.5, 0.6) is 0 Å². The van der Waals surface area contributed by atoms with Gasteiger partial charge in [0, 0.05) is 19.5 Å². The van der Waals surface area contributed by atoms with Crippen LogP contribution >= 0.6 is 11.6 Å². The third-order valence-corrected chi connectivity index (χ3v) is 1.75. The number of hydrogen-bond donors (Lipinski definition) is 1. The van der Waals surface area contributed by atoms with E-state index in [-0.39, 0.29) is 0 Å². The monoisotopic (exact) mass is 213 g/mol. The summed E-state index contributed by atoms with van der Waals surface area (Å²) in [5.41, 5.74) is 0.796. The van der Waals surface area contributed by atoms with Crippen LogP contribution in [0.3, 0.4) is 0 Å². The van der Waals surface area contributed by atoms with Gasteiger partial charge in [0.1, 0.15) is 0 Å². The summed E-state index contributed by atoms with van der Waals surface area (Å²) in [4.78, 5) is 3.45. The Morgan fingerprint density at radius 3 is 2.69 bits per heavy atom. The van der Waals surface area contributed by atoms with Gasteiger partial charge in [0.05, 0.1) is 5.57 Å². The van der Waals surface area contributed by atoms with Gasteiger partial charge in [-0.2, -0.15) is 13.2 Å². The molecule has 0 aromatic heterocycles. The molecule has 0 bridgehead atoms. The van der Waals surface area contributed by atoms with Crippen molar-refractivity contribution in [1.29, 1.82) is 0 Å². The van der Waals surface area contributed by atoms with Gasteiger partial charge in [0.25, 0.3) is 0 Å². The van der Waals surface area contributed by atoms with E-state index in [0.29, 0.717) is 6.21 Å². The predicted octanol–water partition coefficient (Wildman–Crippen LogP) is 1.48. The molecular formula is C6H7ClF3N3. The van der Waals surface area contributed by atoms with E-state index in [1.165, 1.54) is 7.05 Å². The number of aliphatic imine (C=N–C) groups is 1. The number of nitrogens with one attached hydrogen (secondary N) is 1. The summed E-state index contributed by atoms with van der Waals surface area (Å²) in [6.07, 6.45) is -2.81. The molecule has 0 amide bonds. The number of halogens is 4. The second-order valence-corrected chi connectivity index (χ2v) is 2.69. The molecule has 3 nitrogen and oxygen atoms in total. The van der Waals surface area contributed by atoms with E-state index < -0.39 is 17.4 Å². The molecule has 1 N–H and O–H groups in total. The van der Waals surface area contributed by atoms with Crippen molar-refractivity contribution in [2.45, 2.75) is 11.8 Å². The van der Waals surface area contributed by atoms with Gasteiger partial charge in [0.2, 0.25) is 5.62 Å². The Kier molecular flexibility index (Phi) is 2.82. The SMILES string of the molecule is CNN1C=C(C(F)(F)F)C=NC1Cl. The number of allylic oxidation sites excluding steroid dienone is 1. The predicted molar refractivity (Wildman–Crippen MR) is 43.2 cm³/mol. The molecule has 0 radical (unpaired) electrons. The first-order valence-electron chi connectivity index (χ1n) is 3.37. The fourth-order valence-electron chi connectivity index (χ4n) is 0.776. The van der Waals surface area contributed by atoms with Gasteiger partial charge >= 0.3 is 6.18 Å². The lowest BCUT2D eigenvalue weighted by Gasteiger charge is -2.26. The van der Waals surface area contributed by atoms with Crippen LogP contribution < -0.4 is 5.43 Å². The van der Waals surface area contributed by atoms with E-state index in [1.54, 1.807) is 0 Å². The van der Waals surface area contributed by atoms with Crippen molar-refractivity contribution in [3.8, 4) is 0 Å². The Morgan fingerprint density at radius 1 is 1.62 bits per heavy atom. The highest BCUT2D eigenvalue weighted by atomic mass is 35.5. The average Bonchev–Trinajstić information content (AvgIpc) is 2.03. The Balaban J connectivity index is 2.85. The van der Waals surface area contributed by atoms with Crippen molar-refractivity contribution in [3.05, 3.63) is 11.8 Å². The highest BCUT2D eigenvalue weighted by Gasteiger charge is 2.35. The maximum absolute atomic E-state index is 12.1. The van der Waals surface area contributed by atoms with Gasteiger partial charge in [-0.05, 0) is 0 Å². The van der Waals surface area contributed by atoms with Crippen molar-refractivity contribution in [2.24, 2.45) is 4.99 Å². The molecule has 0 spiro atoms. The molecule has 7 heteroatoms. The zero-order valence-corrected chi connectivity index (χ0v) is 7.39. The fourth-order valence-corrected chi connectivity index (χ4v) is 0.986. The van der Waals surface area contributed by atoms with Crippen LogP contribution in [0, 0.1) is 0 Å². The molecular weight excluding hydrogens is 207 g/mol. The third-order valence-electron chi connectivity index (χ3n) is 1.43. The number of hydrogen-bond acceptors (Lipinski definition) is 3. The van der Waals surface area contributed by atoms with Crippen LogP contribution in [0.4, 0.5) is 13.2 Å². The summed E-state index contributed by atoms with van der Waals surface area (Å²) in [7, 11) is 1.46. The van der Waals surface area contributed by atoms with Crippen LogP contribution in [-0.2, 0) is 0 Å². The first kappa shape index (κ1) is 10.3. The number of alkyl halides is 4. The van der Waals surface area contributed by atoms with E-state index in [2.05, 4.69) is 10.4 Å². The smallest absolute Gasteiger partial charge is 0.278 e. The molecule has 13 heavy (non-hydrogen) atoms. The van der Waals surface area contributed by atoms with Gasteiger partial charge in [-0.3, -0.25) is 10.0 Å². The van der Waals surface area contributed by atoms with Crippen molar-refractivity contribution in [3.63, 3.8) is 0 Å². The molecule has 74 valence electrons. The maximum Gasteiger partial charge on any atom is 0.419 e. The minimum Gasteiger partial charge on any atom is -0.278 e. The first-order chi connectivity index (χ1) is 5.95. The van der Waals surface area contributed by atoms with Gasteiger partial charge in [0.15, 0.2) is 0 Å². The zero-order valence-electron chi connectivity index (χ0n) is 6.64. The second kappa shape index (κ2) is 3.55. The summed E-state index contributed by atoms with van der Waals surface area (Å²) in [5.74, 6) is 0. The summed E-state index contributed by atoms with van der Waals surface area (Å²) < 4.78 is 36.4. The molecule has 0 fully saturated rings. The molecule has 1 atom stereocenters. The first-order valence-corrected chi connectivity index (χ1v) is 3.81. The molecule has 1 unspecified atom stereocenters. The molecule has 1 aliphatic heterocycles. The van der Waals surface area contributed by atoms with E-state index in [9.17, 15) is 13.2 Å². The van der Waals surface area contributed by atoms with Gasteiger partial charge in [-0.1, -0.05) is 11.6 Å². The van der Waals surface area contributed by atoms with Crippen molar-refractivity contribution in [1.82, 2.24) is 10.4 Å². The van der Waals surface area contributed by atoms with E-state index >= 15 is 0 Å². The topological polar surface area (TPSA) is 27.6 Å². The summed E-state index contributed by atoms with van der Waals surface area (Å²) >= 11 is 5.55. The van der Waals surface area contributed by atoms with Crippen molar-refractivity contribution < 1.29 is 13.2 Å². The van der Waals surface area contributed by atoms with Crippen molar-refractivity contribution >= 4 is 17.8 Å². The lowest BCUT2D eigenvalue weighted by Crippen LogP contribution is -2.39. The van der Waals surface area contributed by atoms with Gasteiger partial charge in [-0.25, -0.2) is 5.43 Å². The highest BCUT2D eigenvalue weighted by molar-refractivity contribution is 6.20. The largest absolute Gasteiger partial charge is 0.419 e. The van der Waals surface area contributed by atoms with Crippen LogP contribution in [0.1, 0.15) is 0 Å². The van der Waals surface area contributed by atoms with Crippen molar-refractivity contribution in [2.75, 3.05) is 7.05 Å². The Morgan fingerprint density at radius 2 is 2.23 bits per heavy atom. The molecule has 1 aliphatic rings. The van der Waals surface area contributed by atoms with Crippen LogP contribution in [0.25, 0.3) is 0 Å². The summed E-state index contributed by atoms with van der Waals surface area (Å²) in [6.45, 7) is 0. The average molecular weight is 214 g/mol. The third kappa shape index (κ3) is 2.35. The molecule has 0 saturated heterocycles. The quantitative estimate of drug-likeness (QED) is 0.528. The summed E-state index contributed by atoms with van der Waals surface area (Å²) in [5, 5.41) is 1.06. The lowest BCUT2D eigenvalue weighted by atomic mass is 10.3. The Labute approximate surface area is 77.8 Å². The number of nitrogens with zero attached hydrogens (tertiary/aromatic N) is 2. The van der Waals surface area contributed by atoms with Crippen LogP contribution in [-0.4, -0.2) is 30.1 Å². The molecule has 0 aromatic carbocycles. The number of hydrazine groups is 1. The second-order valence-electron chi connectivity index (χ2n) is 2.30. The minimum atomic E-state index is -4.39. The van der Waals surface area contributed by atoms with Crippen LogP contribution in [0.15, 0.2) is 16.8 Å². The molecule has 1 rings (SSSR count). The van der Waals surface area contributed by atoms with Gasteiger partial charge < -0.3 is 0 Å². The highest BCUT2D eigenvalue weighted by Crippen LogP contribution is 2.27. The van der Waals surface area contributed by atoms with E-state index in [1.807, 2.05) is 0 Å². The van der Waals surface area contributed by atoms with E-state index in [0.717, 1.165) is 11.2 Å². The maximum atomic E-state index is 12.1. The Bertz CT molecular complexity index is 248. The molecule has 0 aromatic rings. The van der Waals surface area contributed by atoms with Crippen LogP contribution in [0.2, 0.25) is 0 Å². The lowest BCUT2D eigenvalue weighted by molar-refractivity contribution is -0.0874. The molecule has 0 aliphatic carbocycles. The standard InChI is InChI=1S/C6H7ClF3N3/c1-11-13-3-4(6(8,9)10)2-12-5(13)7/h2-3,5,11H,1H3. The van der Waals surface area contributed by atoms with E-state index in [4.69, 9.17) is 11.6 Å². The minimum absolute atomic E-state index is 0.714. The molecule has 0 saturated carbocycles. The zero-order chi connectivity index (χ0) is 10.1. The Hall–Kier alpha value is -0.750. The number of rotatable bonds is 1.